The number of nitriles is 1. The van der Waals surface area contributed by atoms with Crippen molar-refractivity contribution >= 4 is 15.9 Å². The molecule has 2 aromatic rings. The molecule has 0 N–H and O–H groups in total. The Hall–Kier alpha value is -1.99. The minimum atomic E-state index is 0.468. The van der Waals surface area contributed by atoms with Gasteiger partial charge in [0.15, 0.2) is 0 Å². The molecule has 0 saturated heterocycles. The molecule has 1 aliphatic carbocycles. The number of benzene rings is 2. The van der Waals surface area contributed by atoms with E-state index in [1.807, 2.05) is 24.3 Å². The summed E-state index contributed by atoms with van der Waals surface area (Å²) in [6, 6.07) is 13.2. The van der Waals surface area contributed by atoms with E-state index in [0.717, 1.165) is 40.1 Å². The summed E-state index contributed by atoms with van der Waals surface area (Å²) < 4.78 is 12.7. The molecular formula is C19H18BrNO2. The summed E-state index contributed by atoms with van der Waals surface area (Å²) in [6.07, 6.45) is 4.82. The van der Waals surface area contributed by atoms with Gasteiger partial charge in [0, 0.05) is 5.56 Å². The van der Waals surface area contributed by atoms with Gasteiger partial charge in [0.25, 0.3) is 0 Å². The van der Waals surface area contributed by atoms with E-state index in [1.54, 1.807) is 19.2 Å². The minimum Gasteiger partial charge on any atom is -0.496 e. The summed E-state index contributed by atoms with van der Waals surface area (Å²) >= 11 is 3.61. The minimum absolute atomic E-state index is 0.468. The fourth-order valence-electron chi connectivity index (χ4n) is 3.15. The fourth-order valence-corrected chi connectivity index (χ4v) is 3.58. The standard InChI is InChI=1S/C19H18BrNO2/c1-22-17-11-10-16(20)19(18(17)14-4-2-3-5-14)23-15-8-6-13(12-21)7-9-15/h6-11,14H,2-5H2,1H3. The quantitative estimate of drug-likeness (QED) is 0.683. The SMILES string of the molecule is COc1ccc(Br)c(Oc2ccc(C#N)cc2)c1C1CCCC1. The number of rotatable bonds is 4. The normalized spacial score (nSPS) is 14.5. The summed E-state index contributed by atoms with van der Waals surface area (Å²) in [5, 5.41) is 8.90. The second-order valence-electron chi connectivity index (χ2n) is 5.71. The summed E-state index contributed by atoms with van der Waals surface area (Å²) in [6.45, 7) is 0. The van der Waals surface area contributed by atoms with Crippen molar-refractivity contribution in [3.8, 4) is 23.3 Å². The third-order valence-electron chi connectivity index (χ3n) is 4.29. The van der Waals surface area contributed by atoms with Crippen molar-refractivity contribution in [2.24, 2.45) is 0 Å². The largest absolute Gasteiger partial charge is 0.496 e. The van der Waals surface area contributed by atoms with Gasteiger partial charge in [-0.15, -0.1) is 0 Å². The highest BCUT2D eigenvalue weighted by atomic mass is 79.9. The molecule has 1 aliphatic rings. The van der Waals surface area contributed by atoms with Gasteiger partial charge in [-0.25, -0.2) is 0 Å². The second kappa shape index (κ2) is 7.06. The van der Waals surface area contributed by atoms with Crippen molar-refractivity contribution in [3.63, 3.8) is 0 Å². The van der Waals surface area contributed by atoms with Crippen molar-refractivity contribution in [2.45, 2.75) is 31.6 Å². The van der Waals surface area contributed by atoms with Crippen LogP contribution in [0.4, 0.5) is 0 Å². The molecule has 0 atom stereocenters. The molecule has 4 heteroatoms. The van der Waals surface area contributed by atoms with Crippen molar-refractivity contribution in [1.82, 2.24) is 0 Å². The van der Waals surface area contributed by atoms with Gasteiger partial charge in [-0.2, -0.15) is 5.26 Å². The van der Waals surface area contributed by atoms with E-state index in [0.29, 0.717) is 11.5 Å². The number of methoxy groups -OCH3 is 1. The highest BCUT2D eigenvalue weighted by Crippen LogP contribution is 2.47. The molecule has 3 rings (SSSR count). The first-order valence-electron chi connectivity index (χ1n) is 7.77. The average Bonchev–Trinajstić information content (AvgIpc) is 3.11. The summed E-state index contributed by atoms with van der Waals surface area (Å²) in [7, 11) is 1.70. The van der Waals surface area contributed by atoms with Gasteiger partial charge in [-0.05, 0) is 71.1 Å². The Balaban J connectivity index is 2.00. The monoisotopic (exact) mass is 371 g/mol. The van der Waals surface area contributed by atoms with E-state index in [2.05, 4.69) is 22.0 Å². The lowest BCUT2D eigenvalue weighted by Crippen LogP contribution is -2.01. The summed E-state index contributed by atoms with van der Waals surface area (Å²) in [5.74, 6) is 2.89. The highest BCUT2D eigenvalue weighted by molar-refractivity contribution is 9.10. The molecule has 1 saturated carbocycles. The van der Waals surface area contributed by atoms with Gasteiger partial charge in [0.1, 0.15) is 17.2 Å². The Kier molecular flexibility index (Phi) is 4.88. The van der Waals surface area contributed by atoms with E-state index in [4.69, 9.17) is 14.7 Å². The third kappa shape index (κ3) is 3.35. The Labute approximate surface area is 145 Å². The van der Waals surface area contributed by atoms with Crippen LogP contribution in [0.1, 0.15) is 42.7 Å². The van der Waals surface area contributed by atoms with Crippen LogP contribution >= 0.6 is 15.9 Å². The van der Waals surface area contributed by atoms with Crippen LogP contribution in [0, 0.1) is 11.3 Å². The molecule has 118 valence electrons. The lowest BCUT2D eigenvalue weighted by Gasteiger charge is -2.20. The topological polar surface area (TPSA) is 42.2 Å². The first-order chi connectivity index (χ1) is 11.2. The lowest BCUT2D eigenvalue weighted by molar-refractivity contribution is 0.394. The van der Waals surface area contributed by atoms with E-state index in [1.165, 1.54) is 12.8 Å². The van der Waals surface area contributed by atoms with Crippen LogP contribution in [0.3, 0.4) is 0 Å². The second-order valence-corrected chi connectivity index (χ2v) is 6.57. The zero-order valence-corrected chi connectivity index (χ0v) is 14.6. The molecule has 0 unspecified atom stereocenters. The smallest absolute Gasteiger partial charge is 0.148 e. The van der Waals surface area contributed by atoms with Gasteiger partial charge in [-0.3, -0.25) is 0 Å². The molecule has 0 aliphatic heterocycles. The number of hydrogen-bond donors (Lipinski definition) is 0. The van der Waals surface area contributed by atoms with Gasteiger partial charge < -0.3 is 9.47 Å². The van der Waals surface area contributed by atoms with E-state index < -0.39 is 0 Å². The molecule has 0 amide bonds. The Morgan fingerprint density at radius 3 is 2.39 bits per heavy atom. The molecular weight excluding hydrogens is 354 g/mol. The molecule has 3 nitrogen and oxygen atoms in total. The number of hydrogen-bond acceptors (Lipinski definition) is 3. The van der Waals surface area contributed by atoms with Gasteiger partial charge in [-0.1, -0.05) is 12.8 Å². The first kappa shape index (κ1) is 15.9. The first-order valence-corrected chi connectivity index (χ1v) is 8.56. The van der Waals surface area contributed by atoms with Crippen LogP contribution in [-0.2, 0) is 0 Å². The van der Waals surface area contributed by atoms with Crippen LogP contribution in [0.25, 0.3) is 0 Å². The summed E-state index contributed by atoms with van der Waals surface area (Å²) in [5.41, 5.74) is 1.77. The zero-order valence-electron chi connectivity index (χ0n) is 13.0. The fraction of sp³-hybridized carbons (Fsp3) is 0.316. The van der Waals surface area contributed by atoms with Crippen molar-refractivity contribution in [3.05, 3.63) is 52.0 Å². The maximum Gasteiger partial charge on any atom is 0.148 e. The molecule has 0 spiro atoms. The van der Waals surface area contributed by atoms with Crippen molar-refractivity contribution in [2.75, 3.05) is 7.11 Å². The van der Waals surface area contributed by atoms with E-state index >= 15 is 0 Å². The molecule has 23 heavy (non-hydrogen) atoms. The number of halogens is 1. The van der Waals surface area contributed by atoms with Crippen LogP contribution in [0.5, 0.6) is 17.2 Å². The Morgan fingerprint density at radius 1 is 1.09 bits per heavy atom. The third-order valence-corrected chi connectivity index (χ3v) is 4.92. The Bertz CT molecular complexity index is 728. The van der Waals surface area contributed by atoms with Crippen molar-refractivity contribution < 1.29 is 9.47 Å². The number of nitrogens with zero attached hydrogens (tertiary/aromatic N) is 1. The van der Waals surface area contributed by atoms with Gasteiger partial charge >= 0.3 is 0 Å². The van der Waals surface area contributed by atoms with Crippen LogP contribution in [0.2, 0.25) is 0 Å². The molecule has 0 aromatic heterocycles. The van der Waals surface area contributed by atoms with Crippen LogP contribution in [-0.4, -0.2) is 7.11 Å². The highest BCUT2D eigenvalue weighted by Gasteiger charge is 2.26. The molecule has 2 aromatic carbocycles. The maximum absolute atomic E-state index is 8.90. The summed E-state index contributed by atoms with van der Waals surface area (Å²) in [4.78, 5) is 0. The van der Waals surface area contributed by atoms with Crippen LogP contribution < -0.4 is 9.47 Å². The van der Waals surface area contributed by atoms with Crippen LogP contribution in [0.15, 0.2) is 40.9 Å². The zero-order chi connectivity index (χ0) is 16.2. The lowest BCUT2D eigenvalue weighted by atomic mass is 9.95. The van der Waals surface area contributed by atoms with E-state index in [9.17, 15) is 0 Å². The predicted octanol–water partition coefficient (Wildman–Crippen LogP) is 5.78. The molecule has 0 radical (unpaired) electrons. The van der Waals surface area contributed by atoms with Crippen molar-refractivity contribution in [1.29, 1.82) is 5.26 Å². The van der Waals surface area contributed by atoms with E-state index in [-0.39, 0.29) is 0 Å². The molecule has 1 fully saturated rings. The Morgan fingerprint density at radius 2 is 1.78 bits per heavy atom. The average molecular weight is 372 g/mol. The predicted molar refractivity (Wildman–Crippen MR) is 93.1 cm³/mol. The number of ether oxygens (including phenoxy) is 2. The maximum atomic E-state index is 8.90. The molecule has 0 bridgehead atoms. The van der Waals surface area contributed by atoms with Gasteiger partial charge in [0.2, 0.25) is 0 Å². The van der Waals surface area contributed by atoms with Gasteiger partial charge in [0.05, 0.1) is 23.2 Å². The molecule has 0 heterocycles.